The van der Waals surface area contributed by atoms with Crippen molar-refractivity contribution in [1.82, 2.24) is 10.9 Å². The monoisotopic (exact) mass is 290 g/mol. The van der Waals surface area contributed by atoms with Crippen LogP contribution in [0.3, 0.4) is 0 Å². The molecule has 0 unspecified atom stereocenters. The molecule has 0 aliphatic rings. The molecule has 7 heteroatoms. The molecule has 0 atom stereocenters. The van der Waals surface area contributed by atoms with Gasteiger partial charge in [0, 0.05) is 18.0 Å². The first-order valence-electron chi connectivity index (χ1n) is 5.12. The van der Waals surface area contributed by atoms with E-state index < -0.39 is 0 Å². The zero-order chi connectivity index (χ0) is 13.5. The normalized spacial score (nSPS) is 9.72. The van der Waals surface area contributed by atoms with E-state index in [-0.39, 0.29) is 24.8 Å². The molecule has 0 aliphatic carbocycles. The maximum atomic E-state index is 11.2. The lowest BCUT2D eigenvalue weighted by Crippen LogP contribution is -2.40. The van der Waals surface area contributed by atoms with Gasteiger partial charge in [0.1, 0.15) is 5.75 Å². The fourth-order valence-electron chi connectivity index (χ4n) is 1.06. The van der Waals surface area contributed by atoms with E-state index in [0.29, 0.717) is 15.8 Å². The van der Waals surface area contributed by atoms with Gasteiger partial charge in [-0.15, -0.1) is 0 Å². The van der Waals surface area contributed by atoms with Crippen molar-refractivity contribution in [1.29, 1.82) is 0 Å². The van der Waals surface area contributed by atoms with Crippen LogP contribution >= 0.6 is 23.2 Å². The number of hydrogen-bond donors (Lipinski definition) is 2. The van der Waals surface area contributed by atoms with Crippen LogP contribution in [0.1, 0.15) is 13.3 Å². The van der Waals surface area contributed by atoms with Gasteiger partial charge in [0.2, 0.25) is 11.8 Å². The number of benzene rings is 1. The van der Waals surface area contributed by atoms with E-state index in [0.717, 1.165) is 0 Å². The first kappa shape index (κ1) is 14.6. The van der Waals surface area contributed by atoms with Crippen LogP contribution in [-0.4, -0.2) is 18.4 Å². The predicted molar refractivity (Wildman–Crippen MR) is 68.5 cm³/mol. The summed E-state index contributed by atoms with van der Waals surface area (Å²) in [6.07, 6.45) is 0.0864. The van der Waals surface area contributed by atoms with Crippen LogP contribution in [0, 0.1) is 0 Å². The molecule has 1 rings (SSSR count). The van der Waals surface area contributed by atoms with Gasteiger partial charge in [-0.05, 0) is 12.1 Å². The van der Waals surface area contributed by atoms with Crippen LogP contribution in [0.4, 0.5) is 0 Å². The van der Waals surface area contributed by atoms with Crippen LogP contribution in [-0.2, 0) is 9.59 Å². The fraction of sp³-hybridized carbons (Fsp3) is 0.273. The highest BCUT2D eigenvalue weighted by Crippen LogP contribution is 2.27. The van der Waals surface area contributed by atoms with Crippen molar-refractivity contribution in [2.24, 2.45) is 0 Å². The predicted octanol–water partition coefficient (Wildman–Crippen LogP) is 1.93. The molecule has 0 radical (unpaired) electrons. The SMILES string of the molecule is CC(=O)NNC(=O)CCOc1cc(Cl)ccc1Cl. The van der Waals surface area contributed by atoms with Crippen molar-refractivity contribution >= 4 is 35.0 Å². The highest BCUT2D eigenvalue weighted by atomic mass is 35.5. The van der Waals surface area contributed by atoms with Gasteiger partial charge in [-0.2, -0.15) is 0 Å². The molecule has 0 aromatic heterocycles. The third-order valence-electron chi connectivity index (χ3n) is 1.86. The van der Waals surface area contributed by atoms with Gasteiger partial charge in [-0.3, -0.25) is 20.4 Å². The summed E-state index contributed by atoms with van der Waals surface area (Å²) in [4.78, 5) is 21.8. The van der Waals surface area contributed by atoms with Gasteiger partial charge in [-0.1, -0.05) is 23.2 Å². The van der Waals surface area contributed by atoms with Gasteiger partial charge in [-0.25, -0.2) is 0 Å². The smallest absolute Gasteiger partial charge is 0.241 e. The van der Waals surface area contributed by atoms with E-state index in [1.807, 2.05) is 0 Å². The van der Waals surface area contributed by atoms with Crippen LogP contribution in [0.2, 0.25) is 10.0 Å². The number of carbonyl (C=O) groups is 2. The third-order valence-corrected chi connectivity index (χ3v) is 2.41. The molecule has 0 heterocycles. The molecule has 0 spiro atoms. The summed E-state index contributed by atoms with van der Waals surface area (Å²) >= 11 is 11.7. The Morgan fingerprint density at radius 3 is 2.67 bits per heavy atom. The number of nitrogens with one attached hydrogen (secondary N) is 2. The first-order valence-corrected chi connectivity index (χ1v) is 5.88. The largest absolute Gasteiger partial charge is 0.491 e. The second-order valence-corrected chi connectivity index (χ2v) is 4.25. The lowest BCUT2D eigenvalue weighted by Gasteiger charge is -2.08. The first-order chi connectivity index (χ1) is 8.49. The van der Waals surface area contributed by atoms with E-state index >= 15 is 0 Å². The van der Waals surface area contributed by atoms with Crippen molar-refractivity contribution < 1.29 is 14.3 Å². The minimum absolute atomic E-state index is 0.0864. The number of amides is 2. The molecule has 1 aromatic rings. The highest BCUT2D eigenvalue weighted by Gasteiger charge is 2.05. The van der Waals surface area contributed by atoms with E-state index in [1.54, 1.807) is 18.2 Å². The third kappa shape index (κ3) is 5.25. The fourth-order valence-corrected chi connectivity index (χ4v) is 1.40. The molecule has 0 fully saturated rings. The van der Waals surface area contributed by atoms with Gasteiger partial charge >= 0.3 is 0 Å². The van der Waals surface area contributed by atoms with Gasteiger partial charge in [0.15, 0.2) is 0 Å². The van der Waals surface area contributed by atoms with Gasteiger partial charge < -0.3 is 4.74 Å². The molecular weight excluding hydrogens is 279 g/mol. The molecule has 18 heavy (non-hydrogen) atoms. The second kappa shape index (κ2) is 7.08. The minimum atomic E-state index is -0.358. The highest BCUT2D eigenvalue weighted by molar-refractivity contribution is 6.34. The minimum Gasteiger partial charge on any atom is -0.491 e. The molecule has 0 aliphatic heterocycles. The van der Waals surface area contributed by atoms with Crippen molar-refractivity contribution in [3.05, 3.63) is 28.2 Å². The van der Waals surface area contributed by atoms with Crippen LogP contribution < -0.4 is 15.6 Å². The molecule has 1 aromatic carbocycles. The molecule has 5 nitrogen and oxygen atoms in total. The van der Waals surface area contributed by atoms with Crippen molar-refractivity contribution in [3.8, 4) is 5.75 Å². The van der Waals surface area contributed by atoms with Crippen molar-refractivity contribution in [2.45, 2.75) is 13.3 Å². The van der Waals surface area contributed by atoms with Crippen LogP contribution in [0.25, 0.3) is 0 Å². The Hall–Kier alpha value is -1.46. The standard InChI is InChI=1S/C11H12Cl2N2O3/c1-7(16)14-15-11(17)4-5-18-10-6-8(12)2-3-9(10)13/h2-3,6H,4-5H2,1H3,(H,14,16)(H,15,17). The number of ether oxygens (including phenoxy) is 1. The average molecular weight is 291 g/mol. The molecule has 2 N–H and O–H groups in total. The molecule has 0 saturated carbocycles. The Kier molecular flexibility index (Phi) is 5.74. The van der Waals surface area contributed by atoms with E-state index in [9.17, 15) is 9.59 Å². The van der Waals surface area contributed by atoms with Crippen LogP contribution in [0.5, 0.6) is 5.75 Å². The Bertz CT molecular complexity index is 452. The van der Waals surface area contributed by atoms with E-state index in [4.69, 9.17) is 27.9 Å². The second-order valence-electron chi connectivity index (χ2n) is 3.40. The molecule has 98 valence electrons. The maximum absolute atomic E-state index is 11.2. The summed E-state index contributed by atoms with van der Waals surface area (Å²) in [6.45, 7) is 1.42. The summed E-state index contributed by atoms with van der Waals surface area (Å²) < 4.78 is 5.31. The quantitative estimate of drug-likeness (QED) is 0.833. The maximum Gasteiger partial charge on any atom is 0.241 e. The number of hydrazine groups is 1. The van der Waals surface area contributed by atoms with E-state index in [2.05, 4.69) is 10.9 Å². The summed E-state index contributed by atoms with van der Waals surface area (Å²) in [5.41, 5.74) is 4.39. The summed E-state index contributed by atoms with van der Waals surface area (Å²) in [6, 6.07) is 4.81. The Morgan fingerprint density at radius 1 is 1.28 bits per heavy atom. The zero-order valence-electron chi connectivity index (χ0n) is 9.63. The Balaban J connectivity index is 2.35. The molecule has 0 bridgehead atoms. The lowest BCUT2D eigenvalue weighted by molar-refractivity contribution is -0.128. The van der Waals surface area contributed by atoms with E-state index in [1.165, 1.54) is 6.92 Å². The Labute approximate surface area is 114 Å². The van der Waals surface area contributed by atoms with Crippen LogP contribution in [0.15, 0.2) is 18.2 Å². The average Bonchev–Trinajstić information content (AvgIpc) is 2.31. The summed E-state index contributed by atoms with van der Waals surface area (Å²) in [7, 11) is 0. The van der Waals surface area contributed by atoms with Crippen molar-refractivity contribution in [3.63, 3.8) is 0 Å². The number of halogens is 2. The lowest BCUT2D eigenvalue weighted by atomic mass is 10.3. The topological polar surface area (TPSA) is 67.4 Å². The number of hydrogen-bond acceptors (Lipinski definition) is 3. The van der Waals surface area contributed by atoms with Gasteiger partial charge in [0.25, 0.3) is 0 Å². The van der Waals surface area contributed by atoms with Gasteiger partial charge in [0.05, 0.1) is 18.1 Å². The zero-order valence-corrected chi connectivity index (χ0v) is 11.1. The van der Waals surface area contributed by atoms with Crippen molar-refractivity contribution in [2.75, 3.05) is 6.61 Å². The summed E-state index contributed by atoms with van der Waals surface area (Å²) in [5.74, 6) is -0.290. The number of rotatable bonds is 4. The molecule has 2 amide bonds. The number of carbonyl (C=O) groups excluding carboxylic acids is 2. The molecule has 0 saturated heterocycles. The summed E-state index contributed by atoms with van der Waals surface area (Å²) in [5, 5.41) is 0.916. The molecular formula is C11H12Cl2N2O3. The Morgan fingerprint density at radius 2 is 2.00 bits per heavy atom.